The summed E-state index contributed by atoms with van der Waals surface area (Å²) < 4.78 is 25.0. The summed E-state index contributed by atoms with van der Waals surface area (Å²) in [5.74, 6) is -0.267. The number of amides is 2. The third kappa shape index (κ3) is 4.39. The van der Waals surface area contributed by atoms with E-state index in [0.29, 0.717) is 42.0 Å². The van der Waals surface area contributed by atoms with Gasteiger partial charge < -0.3 is 14.4 Å². The monoisotopic (exact) mass is 436 g/mol. The molecule has 0 spiro atoms. The molecule has 27 heavy (non-hydrogen) atoms. The zero-order valence-corrected chi connectivity index (χ0v) is 16.2. The molecule has 1 aliphatic rings. The lowest BCUT2D eigenvalue weighted by molar-refractivity contribution is 0.0600. The first kappa shape index (κ1) is 19.2. The van der Waals surface area contributed by atoms with E-state index >= 15 is 0 Å². The van der Waals surface area contributed by atoms with Crippen LogP contribution < -0.4 is 9.64 Å². The summed E-state index contributed by atoms with van der Waals surface area (Å²) in [6.07, 6.45) is 0. The summed E-state index contributed by atoms with van der Waals surface area (Å²) in [5, 5.41) is 0. The number of anilines is 1. The van der Waals surface area contributed by atoms with Gasteiger partial charge in [-0.2, -0.15) is 0 Å². The molecule has 1 aliphatic heterocycles. The van der Waals surface area contributed by atoms with Gasteiger partial charge in [0.1, 0.15) is 18.2 Å². The number of hydrogen-bond acceptors (Lipinski definition) is 4. The van der Waals surface area contributed by atoms with Crippen molar-refractivity contribution < 1.29 is 23.5 Å². The minimum atomic E-state index is -0.443. The van der Waals surface area contributed by atoms with Crippen molar-refractivity contribution >= 4 is 33.6 Å². The maximum atomic E-state index is 14.1. The number of rotatable bonds is 6. The van der Waals surface area contributed by atoms with Crippen molar-refractivity contribution in [1.82, 2.24) is 4.90 Å². The molecule has 0 N–H and O–H groups in total. The number of benzene rings is 2. The van der Waals surface area contributed by atoms with Crippen molar-refractivity contribution in [2.24, 2.45) is 0 Å². The minimum absolute atomic E-state index is 0.249. The lowest BCUT2D eigenvalue weighted by atomic mass is 10.2. The van der Waals surface area contributed by atoms with Gasteiger partial charge in [-0.3, -0.25) is 4.90 Å². The second-order valence-electron chi connectivity index (χ2n) is 5.88. The van der Waals surface area contributed by atoms with Gasteiger partial charge in [0, 0.05) is 17.6 Å². The molecule has 0 unspecified atom stereocenters. The Morgan fingerprint density at radius 2 is 1.93 bits per heavy atom. The van der Waals surface area contributed by atoms with Gasteiger partial charge in [0.15, 0.2) is 0 Å². The number of hydrogen-bond donors (Lipinski definition) is 0. The van der Waals surface area contributed by atoms with Crippen LogP contribution in [-0.2, 0) is 4.74 Å². The summed E-state index contributed by atoms with van der Waals surface area (Å²) in [6, 6.07) is 10.9. The molecule has 1 saturated heterocycles. The molecule has 0 bridgehead atoms. The molecule has 0 saturated carbocycles. The Morgan fingerprint density at radius 1 is 1.19 bits per heavy atom. The third-order valence-electron chi connectivity index (χ3n) is 4.20. The first-order valence-corrected chi connectivity index (χ1v) is 9.11. The number of halogens is 2. The number of esters is 1. The van der Waals surface area contributed by atoms with E-state index in [-0.39, 0.29) is 11.7 Å². The second-order valence-corrected chi connectivity index (χ2v) is 6.80. The second kappa shape index (κ2) is 8.39. The molecule has 1 fully saturated rings. The standard InChI is InChI=1S/C19H18BrFN2O4/c1-26-18(24)13-2-5-15(6-3-13)27-11-10-22-8-9-23(19(22)25)17-7-4-14(20)12-16(17)21/h2-7,12H,8-11H2,1H3. The van der Waals surface area contributed by atoms with Crippen molar-refractivity contribution in [1.29, 1.82) is 0 Å². The molecule has 8 heteroatoms. The highest BCUT2D eigenvalue weighted by molar-refractivity contribution is 9.10. The predicted molar refractivity (Wildman–Crippen MR) is 102 cm³/mol. The third-order valence-corrected chi connectivity index (χ3v) is 4.69. The highest BCUT2D eigenvalue weighted by Gasteiger charge is 2.30. The first-order chi connectivity index (χ1) is 13.0. The quantitative estimate of drug-likeness (QED) is 0.647. The topological polar surface area (TPSA) is 59.1 Å². The molecular formula is C19H18BrFN2O4. The Bertz CT molecular complexity index is 844. The van der Waals surface area contributed by atoms with Crippen LogP contribution in [0.4, 0.5) is 14.9 Å². The number of methoxy groups -OCH3 is 1. The summed E-state index contributed by atoms with van der Waals surface area (Å²) in [4.78, 5) is 26.9. The van der Waals surface area contributed by atoms with Gasteiger partial charge >= 0.3 is 12.0 Å². The Morgan fingerprint density at radius 3 is 2.59 bits per heavy atom. The van der Waals surface area contributed by atoms with Crippen LogP contribution in [-0.4, -0.2) is 50.3 Å². The molecule has 6 nitrogen and oxygen atoms in total. The van der Waals surface area contributed by atoms with Crippen LogP contribution in [0.2, 0.25) is 0 Å². The molecule has 1 heterocycles. The van der Waals surface area contributed by atoms with Crippen molar-refractivity contribution in [2.45, 2.75) is 0 Å². The van der Waals surface area contributed by atoms with Gasteiger partial charge in [0.25, 0.3) is 0 Å². The number of carbonyl (C=O) groups excluding carboxylic acids is 2. The van der Waals surface area contributed by atoms with Crippen molar-refractivity contribution in [3.63, 3.8) is 0 Å². The Balaban J connectivity index is 1.53. The number of carbonyl (C=O) groups is 2. The van der Waals surface area contributed by atoms with Crippen LogP contribution in [0.15, 0.2) is 46.9 Å². The van der Waals surface area contributed by atoms with E-state index in [1.165, 1.54) is 18.1 Å². The van der Waals surface area contributed by atoms with Gasteiger partial charge in [0.05, 0.1) is 24.9 Å². The largest absolute Gasteiger partial charge is 0.492 e. The van der Waals surface area contributed by atoms with Crippen LogP contribution in [0, 0.1) is 5.82 Å². The average Bonchev–Trinajstić information content (AvgIpc) is 3.02. The summed E-state index contributed by atoms with van der Waals surface area (Å²) in [6.45, 7) is 1.59. The van der Waals surface area contributed by atoms with Crippen molar-refractivity contribution in [3.8, 4) is 5.75 Å². The van der Waals surface area contributed by atoms with E-state index in [2.05, 4.69) is 20.7 Å². The zero-order valence-electron chi connectivity index (χ0n) is 14.7. The maximum Gasteiger partial charge on any atom is 0.337 e. The van der Waals surface area contributed by atoms with E-state index in [1.807, 2.05) is 0 Å². The van der Waals surface area contributed by atoms with Gasteiger partial charge in [-0.15, -0.1) is 0 Å². The number of ether oxygens (including phenoxy) is 2. The lowest BCUT2D eigenvalue weighted by Crippen LogP contribution is -2.34. The van der Waals surface area contributed by atoms with E-state index < -0.39 is 11.8 Å². The van der Waals surface area contributed by atoms with Crippen LogP contribution in [0.25, 0.3) is 0 Å². The molecule has 2 aromatic carbocycles. The lowest BCUT2D eigenvalue weighted by Gasteiger charge is -2.19. The number of nitrogens with zero attached hydrogens (tertiary/aromatic N) is 2. The van der Waals surface area contributed by atoms with Gasteiger partial charge in [-0.1, -0.05) is 15.9 Å². The van der Waals surface area contributed by atoms with Gasteiger partial charge in [-0.05, 0) is 42.5 Å². The first-order valence-electron chi connectivity index (χ1n) is 8.32. The fraction of sp³-hybridized carbons (Fsp3) is 0.263. The Hall–Kier alpha value is -2.61. The fourth-order valence-electron chi connectivity index (χ4n) is 2.79. The maximum absolute atomic E-state index is 14.1. The average molecular weight is 437 g/mol. The summed E-state index contributed by atoms with van der Waals surface area (Å²) >= 11 is 3.21. The van der Waals surface area contributed by atoms with E-state index in [0.717, 1.165) is 0 Å². The van der Waals surface area contributed by atoms with Gasteiger partial charge in [-0.25, -0.2) is 14.0 Å². The highest BCUT2D eigenvalue weighted by Crippen LogP contribution is 2.26. The van der Waals surface area contributed by atoms with Crippen molar-refractivity contribution in [3.05, 3.63) is 58.3 Å². The SMILES string of the molecule is COC(=O)c1ccc(OCCN2CCN(c3ccc(Br)cc3F)C2=O)cc1. The highest BCUT2D eigenvalue weighted by atomic mass is 79.9. The molecule has 142 valence electrons. The van der Waals surface area contributed by atoms with Gasteiger partial charge in [0.2, 0.25) is 0 Å². The molecule has 2 aromatic rings. The normalized spacial score (nSPS) is 13.8. The molecule has 0 aliphatic carbocycles. The zero-order chi connectivity index (χ0) is 19.4. The number of urea groups is 1. The van der Waals surface area contributed by atoms with Crippen LogP contribution in [0.3, 0.4) is 0 Å². The fourth-order valence-corrected chi connectivity index (χ4v) is 3.13. The van der Waals surface area contributed by atoms with E-state index in [9.17, 15) is 14.0 Å². The van der Waals surface area contributed by atoms with E-state index in [1.54, 1.807) is 41.3 Å². The molecule has 0 radical (unpaired) electrons. The smallest absolute Gasteiger partial charge is 0.337 e. The molecule has 0 aromatic heterocycles. The van der Waals surface area contributed by atoms with Crippen LogP contribution >= 0.6 is 15.9 Å². The minimum Gasteiger partial charge on any atom is -0.492 e. The predicted octanol–water partition coefficient (Wildman–Crippen LogP) is 3.70. The summed E-state index contributed by atoms with van der Waals surface area (Å²) in [7, 11) is 1.32. The van der Waals surface area contributed by atoms with Crippen LogP contribution in [0.1, 0.15) is 10.4 Å². The molecule has 3 rings (SSSR count). The Labute approximate surface area is 164 Å². The van der Waals surface area contributed by atoms with Crippen LogP contribution in [0.5, 0.6) is 5.75 Å². The Kier molecular flexibility index (Phi) is 5.95. The van der Waals surface area contributed by atoms with Crippen molar-refractivity contribution in [2.75, 3.05) is 38.3 Å². The molecule has 0 atom stereocenters. The molecular weight excluding hydrogens is 419 g/mol. The van der Waals surface area contributed by atoms with E-state index in [4.69, 9.17) is 4.74 Å². The molecule has 2 amide bonds. The summed E-state index contributed by atoms with van der Waals surface area (Å²) in [5.41, 5.74) is 0.705.